The molecule has 0 saturated carbocycles. The molecule has 0 radical (unpaired) electrons. The predicted octanol–water partition coefficient (Wildman–Crippen LogP) is 2.78. The van der Waals surface area contributed by atoms with Crippen molar-refractivity contribution < 1.29 is 4.74 Å². The average molecular weight is 311 g/mol. The number of hydrogen-bond donors (Lipinski definition) is 0. The molecule has 4 rings (SSSR count). The van der Waals surface area contributed by atoms with Crippen molar-refractivity contribution in [1.82, 2.24) is 19.9 Å². The second-order valence-corrected chi connectivity index (χ2v) is 6.11. The fourth-order valence-corrected chi connectivity index (χ4v) is 3.31. The van der Waals surface area contributed by atoms with Crippen molar-refractivity contribution in [2.24, 2.45) is 0 Å². The van der Waals surface area contributed by atoms with E-state index >= 15 is 0 Å². The van der Waals surface area contributed by atoms with E-state index in [1.807, 2.05) is 6.20 Å². The normalized spacial score (nSPS) is 21.6. The van der Waals surface area contributed by atoms with Crippen LogP contribution >= 0.6 is 0 Å². The lowest BCUT2D eigenvalue weighted by Gasteiger charge is -2.27. The van der Waals surface area contributed by atoms with Crippen LogP contribution in [0.2, 0.25) is 0 Å². The Kier molecular flexibility index (Phi) is 4.15. The zero-order valence-electron chi connectivity index (χ0n) is 13.2. The molecule has 2 aromatic heterocycles. The molecule has 6 heteroatoms. The van der Waals surface area contributed by atoms with Crippen LogP contribution in [0.4, 0.5) is 5.95 Å². The van der Waals surface area contributed by atoms with Gasteiger partial charge in [-0.05, 0) is 32.1 Å². The summed E-state index contributed by atoms with van der Waals surface area (Å²) < 4.78 is 5.89. The highest BCUT2D eigenvalue weighted by atomic mass is 16.5. The minimum Gasteiger partial charge on any atom is -0.372 e. The van der Waals surface area contributed by atoms with Crippen LogP contribution in [-0.4, -0.2) is 39.6 Å². The highest BCUT2D eigenvalue weighted by Crippen LogP contribution is 2.34. The van der Waals surface area contributed by atoms with Gasteiger partial charge in [-0.25, -0.2) is 9.97 Å². The number of hydrogen-bond acceptors (Lipinski definition) is 6. The lowest BCUT2D eigenvalue weighted by molar-refractivity contribution is 0.109. The summed E-state index contributed by atoms with van der Waals surface area (Å²) >= 11 is 0. The Bertz CT molecular complexity index is 651. The summed E-state index contributed by atoms with van der Waals surface area (Å²) in [7, 11) is 0. The Morgan fingerprint density at radius 2 is 1.91 bits per heavy atom. The summed E-state index contributed by atoms with van der Waals surface area (Å²) in [5.74, 6) is 0.822. The fraction of sp³-hybridized carbons (Fsp3) is 0.529. The number of aromatic nitrogens is 4. The third-order valence-corrected chi connectivity index (χ3v) is 4.52. The fourth-order valence-electron chi connectivity index (χ4n) is 3.31. The second kappa shape index (κ2) is 6.58. The highest BCUT2D eigenvalue weighted by Gasteiger charge is 2.25. The Labute approximate surface area is 136 Å². The molecule has 0 aromatic carbocycles. The largest absolute Gasteiger partial charge is 0.372 e. The summed E-state index contributed by atoms with van der Waals surface area (Å²) in [5, 5.41) is 0. The van der Waals surface area contributed by atoms with Gasteiger partial charge >= 0.3 is 0 Å². The van der Waals surface area contributed by atoms with Crippen LogP contribution in [0.1, 0.15) is 43.9 Å². The molecule has 120 valence electrons. The molecule has 1 atom stereocenters. The van der Waals surface area contributed by atoms with E-state index in [2.05, 4.69) is 19.9 Å². The van der Waals surface area contributed by atoms with Crippen LogP contribution in [0, 0.1) is 0 Å². The van der Waals surface area contributed by atoms with Gasteiger partial charge in [0.25, 0.3) is 0 Å². The first-order valence-corrected chi connectivity index (χ1v) is 8.42. The van der Waals surface area contributed by atoms with Crippen LogP contribution in [0.3, 0.4) is 0 Å². The highest BCUT2D eigenvalue weighted by molar-refractivity contribution is 5.61. The van der Waals surface area contributed by atoms with E-state index in [9.17, 15) is 0 Å². The maximum absolute atomic E-state index is 5.89. The van der Waals surface area contributed by atoms with Crippen LogP contribution in [0.15, 0.2) is 24.8 Å². The van der Waals surface area contributed by atoms with Crippen molar-refractivity contribution in [3.05, 3.63) is 30.5 Å². The number of ether oxygens (including phenoxy) is 1. The van der Waals surface area contributed by atoms with Gasteiger partial charge in [0.1, 0.15) is 6.10 Å². The Morgan fingerprint density at radius 3 is 2.65 bits per heavy atom. The Hall–Kier alpha value is -2.08. The van der Waals surface area contributed by atoms with Crippen LogP contribution < -0.4 is 4.90 Å². The molecule has 0 spiro atoms. The Morgan fingerprint density at radius 1 is 1.00 bits per heavy atom. The topological polar surface area (TPSA) is 64.0 Å². The van der Waals surface area contributed by atoms with Crippen molar-refractivity contribution in [3.63, 3.8) is 0 Å². The molecule has 4 heterocycles. The number of rotatable bonds is 3. The maximum atomic E-state index is 5.89. The van der Waals surface area contributed by atoms with Crippen LogP contribution in [-0.2, 0) is 4.74 Å². The van der Waals surface area contributed by atoms with E-state index in [-0.39, 0.29) is 6.10 Å². The van der Waals surface area contributed by atoms with Crippen LogP contribution in [0.5, 0.6) is 0 Å². The molecule has 23 heavy (non-hydrogen) atoms. The van der Waals surface area contributed by atoms with Crippen molar-refractivity contribution in [2.75, 3.05) is 24.6 Å². The average Bonchev–Trinajstić information content (AvgIpc) is 3.17. The van der Waals surface area contributed by atoms with E-state index in [0.29, 0.717) is 0 Å². The molecule has 0 N–H and O–H groups in total. The van der Waals surface area contributed by atoms with Gasteiger partial charge in [0.2, 0.25) is 5.95 Å². The molecule has 2 saturated heterocycles. The Balaban J connectivity index is 1.73. The van der Waals surface area contributed by atoms with E-state index < -0.39 is 0 Å². The van der Waals surface area contributed by atoms with Gasteiger partial charge in [0, 0.05) is 43.9 Å². The van der Waals surface area contributed by atoms with Crippen molar-refractivity contribution in [3.8, 4) is 11.3 Å². The molecule has 2 aromatic rings. The standard InChI is InChI=1S/C17H21N5O/c1-2-8-22(9-3-1)17-20-11-13(14-12-18-6-7-19-14)16(21-17)15-5-4-10-23-15/h6-7,11-12,15H,1-5,8-10H2/t15-/m1/s1. The van der Waals surface area contributed by atoms with E-state index in [1.165, 1.54) is 19.3 Å². The van der Waals surface area contributed by atoms with E-state index in [4.69, 9.17) is 9.72 Å². The molecule has 0 amide bonds. The van der Waals surface area contributed by atoms with Crippen molar-refractivity contribution in [2.45, 2.75) is 38.2 Å². The van der Waals surface area contributed by atoms with E-state index in [1.54, 1.807) is 18.6 Å². The third kappa shape index (κ3) is 3.03. The van der Waals surface area contributed by atoms with Gasteiger partial charge in [-0.1, -0.05) is 0 Å². The summed E-state index contributed by atoms with van der Waals surface area (Å²) in [6.07, 6.45) is 12.9. The predicted molar refractivity (Wildman–Crippen MR) is 87.0 cm³/mol. The summed E-state index contributed by atoms with van der Waals surface area (Å²) in [5.41, 5.74) is 2.70. The number of anilines is 1. The van der Waals surface area contributed by atoms with Gasteiger partial charge in [-0.15, -0.1) is 0 Å². The second-order valence-electron chi connectivity index (χ2n) is 6.11. The molecule has 0 aliphatic carbocycles. The van der Waals surface area contributed by atoms with Gasteiger partial charge in [-0.2, -0.15) is 0 Å². The molecular formula is C17H21N5O. The lowest BCUT2D eigenvalue weighted by atomic mass is 10.1. The summed E-state index contributed by atoms with van der Waals surface area (Å²) in [4.78, 5) is 20.3. The summed E-state index contributed by atoms with van der Waals surface area (Å²) in [6.45, 7) is 2.87. The zero-order valence-corrected chi connectivity index (χ0v) is 13.2. The summed E-state index contributed by atoms with van der Waals surface area (Å²) in [6, 6.07) is 0. The number of nitrogens with zero attached hydrogens (tertiary/aromatic N) is 5. The van der Waals surface area contributed by atoms with Gasteiger partial charge in [0.05, 0.1) is 17.6 Å². The minimum absolute atomic E-state index is 0.0403. The number of piperidine rings is 1. The molecular weight excluding hydrogens is 290 g/mol. The molecule has 0 bridgehead atoms. The molecule has 6 nitrogen and oxygen atoms in total. The van der Waals surface area contributed by atoms with Crippen LogP contribution in [0.25, 0.3) is 11.3 Å². The van der Waals surface area contributed by atoms with Crippen molar-refractivity contribution >= 4 is 5.95 Å². The SMILES string of the molecule is c1cnc(-c2cnc(N3CCCCC3)nc2[C@H]2CCCO2)cn1. The van der Waals surface area contributed by atoms with Gasteiger partial charge < -0.3 is 9.64 Å². The first kappa shape index (κ1) is 14.5. The van der Waals surface area contributed by atoms with Crippen molar-refractivity contribution in [1.29, 1.82) is 0 Å². The first-order valence-electron chi connectivity index (χ1n) is 8.42. The third-order valence-electron chi connectivity index (χ3n) is 4.52. The van der Waals surface area contributed by atoms with E-state index in [0.717, 1.165) is 55.4 Å². The monoisotopic (exact) mass is 311 g/mol. The molecule has 0 unspecified atom stereocenters. The van der Waals surface area contributed by atoms with Gasteiger partial charge in [0.15, 0.2) is 0 Å². The minimum atomic E-state index is 0.0403. The smallest absolute Gasteiger partial charge is 0.225 e. The quantitative estimate of drug-likeness (QED) is 0.868. The maximum Gasteiger partial charge on any atom is 0.225 e. The zero-order chi connectivity index (χ0) is 15.5. The first-order chi connectivity index (χ1) is 11.4. The van der Waals surface area contributed by atoms with Gasteiger partial charge in [-0.3, -0.25) is 9.97 Å². The molecule has 2 aliphatic rings. The molecule has 2 fully saturated rings. The molecule has 2 aliphatic heterocycles. The lowest BCUT2D eigenvalue weighted by Crippen LogP contribution is -2.31.